The summed E-state index contributed by atoms with van der Waals surface area (Å²) in [5.74, 6) is 1.88. The van der Waals surface area contributed by atoms with E-state index in [4.69, 9.17) is 4.99 Å². The monoisotopic (exact) mass is 1250 g/mol. The third-order valence-electron chi connectivity index (χ3n) is 12.8. The largest absolute Gasteiger partial charge is 0.300 e. The van der Waals surface area contributed by atoms with Crippen molar-refractivity contribution >= 4 is 109 Å². The summed E-state index contributed by atoms with van der Waals surface area (Å²) in [6.45, 7) is 44.3. The average molecular weight is 1250 g/mol. The van der Waals surface area contributed by atoms with E-state index in [1.54, 1.807) is 48.5 Å². The quantitative estimate of drug-likeness (QED) is 0.0431. The molecule has 0 aromatic heterocycles. The summed E-state index contributed by atoms with van der Waals surface area (Å²) in [5, 5.41) is 0. The fourth-order valence-corrected chi connectivity index (χ4v) is 9.14. The molecule has 0 atom stereocenters. The predicted molar refractivity (Wildman–Crippen MR) is 391 cm³/mol. The van der Waals surface area contributed by atoms with Gasteiger partial charge in [-0.3, -0.25) is 68.5 Å². The second kappa shape index (κ2) is 45.7. The van der Waals surface area contributed by atoms with E-state index in [1.165, 1.54) is 33.4 Å². The highest BCUT2D eigenvalue weighted by Gasteiger charge is 2.14. The second-order valence-electron chi connectivity index (χ2n) is 24.4. The molecule has 5 aromatic carbocycles. The van der Waals surface area contributed by atoms with Crippen LogP contribution in [-0.4, -0.2) is 93.6 Å². The maximum absolute atomic E-state index is 11.2. The first-order chi connectivity index (χ1) is 43.0. The van der Waals surface area contributed by atoms with E-state index in [-0.39, 0.29) is 40.5 Å². The number of hydrogen-bond acceptors (Lipinski definition) is 14. The van der Waals surface area contributed by atoms with Crippen molar-refractivity contribution in [1.29, 1.82) is 0 Å². The van der Waals surface area contributed by atoms with E-state index in [9.17, 15) is 33.6 Å². The zero-order chi connectivity index (χ0) is 70.2. The van der Waals surface area contributed by atoms with Gasteiger partial charge in [-0.05, 0) is 202 Å². The van der Waals surface area contributed by atoms with Gasteiger partial charge in [-0.25, -0.2) is 0 Å². The number of hydrogen-bond donors (Lipinski definition) is 0. The average Bonchev–Trinajstić information content (AvgIpc) is 0.844. The summed E-state index contributed by atoms with van der Waals surface area (Å²) in [7, 11) is 0. The van der Waals surface area contributed by atoms with Crippen LogP contribution in [0.2, 0.25) is 0 Å². The molecule has 0 unspecified atom stereocenters. The van der Waals surface area contributed by atoms with Crippen LogP contribution in [0.25, 0.3) is 0 Å². The van der Waals surface area contributed by atoms with Gasteiger partial charge in [-0.15, -0.1) is 0 Å². The fraction of sp³-hybridized carbons (Fsp3) is 0.436. The summed E-state index contributed by atoms with van der Waals surface area (Å²) in [5.41, 5.74) is 19.3. The predicted octanol–water partition coefficient (Wildman–Crippen LogP) is 19.4. The molecular weight excluding hydrogens is 1150 g/mol. The molecule has 0 saturated carbocycles. The first kappa shape index (κ1) is 83.5. The lowest BCUT2D eigenvalue weighted by Crippen LogP contribution is -2.04. The van der Waals surface area contributed by atoms with Crippen LogP contribution in [-0.2, 0) is 33.6 Å². The maximum atomic E-state index is 11.2. The van der Waals surface area contributed by atoms with Gasteiger partial charge >= 0.3 is 0 Å². The Hall–Kier alpha value is -8.52. The summed E-state index contributed by atoms with van der Waals surface area (Å²) >= 11 is 0. The summed E-state index contributed by atoms with van der Waals surface area (Å²) in [4.78, 5) is 107. The Labute approximate surface area is 552 Å². The molecule has 0 radical (unpaired) electrons. The van der Waals surface area contributed by atoms with Crippen molar-refractivity contribution in [3.8, 4) is 0 Å². The Bertz CT molecular complexity index is 3370. The lowest BCUT2D eigenvalue weighted by atomic mass is 9.93. The Morgan fingerprint density at radius 3 is 0.978 bits per heavy atom. The Kier molecular flexibility index (Phi) is 41.5. The molecule has 0 spiro atoms. The van der Waals surface area contributed by atoms with E-state index in [0.29, 0.717) is 69.9 Å². The van der Waals surface area contributed by atoms with Crippen molar-refractivity contribution in [3.63, 3.8) is 0 Å². The van der Waals surface area contributed by atoms with Gasteiger partial charge in [0.1, 0.15) is 40.5 Å². The molecule has 0 aliphatic carbocycles. The zero-order valence-corrected chi connectivity index (χ0v) is 59.9. The molecule has 92 heavy (non-hydrogen) atoms. The first-order valence-corrected chi connectivity index (χ1v) is 31.5. The highest BCUT2D eigenvalue weighted by Crippen LogP contribution is 2.35. The van der Waals surface area contributed by atoms with E-state index in [2.05, 4.69) is 109 Å². The lowest BCUT2D eigenvalue weighted by Gasteiger charge is -2.17. The molecule has 5 aromatic rings. The number of para-hydroxylation sites is 3. The van der Waals surface area contributed by atoms with Crippen LogP contribution in [0.1, 0.15) is 220 Å². The van der Waals surface area contributed by atoms with Gasteiger partial charge in [0.15, 0.2) is 0 Å². The number of nitrogens with zero attached hydrogens (tertiary/aromatic N) is 7. The van der Waals surface area contributed by atoms with Gasteiger partial charge < -0.3 is 0 Å². The third-order valence-corrected chi connectivity index (χ3v) is 12.8. The zero-order valence-electron chi connectivity index (χ0n) is 59.9. The summed E-state index contributed by atoms with van der Waals surface area (Å²) in [6.07, 6.45) is 3.01. The third kappa shape index (κ3) is 41.0. The van der Waals surface area contributed by atoms with Crippen LogP contribution >= 0.6 is 0 Å². The minimum absolute atomic E-state index is 0.123. The number of aliphatic imine (C=N–C) groups is 7. The molecule has 5 rings (SSSR count). The Balaban J connectivity index is 0.00000108. The summed E-state index contributed by atoms with van der Waals surface area (Å²) < 4.78 is 0. The van der Waals surface area contributed by atoms with Crippen LogP contribution in [0, 0.1) is 34.6 Å². The fourth-order valence-electron chi connectivity index (χ4n) is 9.14. The molecule has 14 heteroatoms. The molecule has 0 saturated heterocycles. The molecule has 0 aliphatic heterocycles. The number of carbonyl (C=O) groups is 7. The van der Waals surface area contributed by atoms with E-state index >= 15 is 0 Å². The summed E-state index contributed by atoms with van der Waals surface area (Å²) in [6, 6.07) is 36.1. The maximum Gasteiger partial charge on any atom is 0.135 e. The van der Waals surface area contributed by atoms with Gasteiger partial charge in [0.05, 0.1) is 41.5 Å². The second-order valence-corrected chi connectivity index (χ2v) is 24.4. The lowest BCUT2D eigenvalue weighted by molar-refractivity contribution is -0.116. The highest BCUT2D eigenvalue weighted by molar-refractivity contribution is 6.04. The van der Waals surface area contributed by atoms with Crippen molar-refractivity contribution in [3.05, 3.63) is 148 Å². The van der Waals surface area contributed by atoms with Gasteiger partial charge in [0.25, 0.3) is 0 Å². The van der Waals surface area contributed by atoms with Gasteiger partial charge in [0.2, 0.25) is 0 Å². The minimum Gasteiger partial charge on any atom is -0.300 e. The van der Waals surface area contributed by atoms with E-state index in [0.717, 1.165) is 74.0 Å². The van der Waals surface area contributed by atoms with Crippen LogP contribution < -0.4 is 0 Å². The number of carbonyl (C=O) groups excluding carboxylic acids is 7. The SMILES string of the molecule is CC(=O)CC(C)=NCCN=C(C)CC(C)=O.CC(=O)CC(C)=Nc1c(C(C)C)cccc1C(C)C.CC(=O)CC(C)=Nc1c(C)cc(C)cc1C.CC(=O)CC(C)=Nc1ccc(C)cc1.CC(=O)CC(C)=Nc1ccccc1.CC(=O)CC(C)=Nc1ccccc1C. The topological polar surface area (TPSA) is 206 Å². The number of aryl methyl sites for hydroxylation is 5. The number of ketones is 7. The Morgan fingerprint density at radius 2 is 0.620 bits per heavy atom. The van der Waals surface area contributed by atoms with Crippen LogP contribution in [0.3, 0.4) is 0 Å². The van der Waals surface area contributed by atoms with Gasteiger partial charge in [0, 0.05) is 84.9 Å². The van der Waals surface area contributed by atoms with E-state index < -0.39 is 0 Å². The van der Waals surface area contributed by atoms with Crippen LogP contribution in [0.4, 0.5) is 28.4 Å². The van der Waals surface area contributed by atoms with Crippen molar-refractivity contribution in [1.82, 2.24) is 0 Å². The molecule has 14 nitrogen and oxygen atoms in total. The standard InChI is InChI=1S/C17H25NO.C14H19NO.C12H20N2O2.2C12H15NO.C11H13NO/c1-11(2)15-8-7-9-16(12(3)4)17(15)18-13(5)10-14(6)19;1-9-6-10(2)14(11(3)7-9)15-12(4)8-13(5)16;1-9(7-11(3)15)13-5-6-14-10(2)8-12(4)16;1-9-4-6-12(7-5-9)13-10(2)8-11(3)14;1-9-6-4-5-7-12(9)13-10(2)8-11(3)14;1-9(8-10(2)13)12-11-6-4-3-5-7-11/h7-9,11-12H,10H2,1-6H3;6-7H,8H2,1-5H3;5-8H2,1-4H3;2*4-7H,8H2,1-3H3;3-7H,8H2,1-2H3. The van der Waals surface area contributed by atoms with E-state index in [1.807, 2.05) is 141 Å². The number of benzene rings is 5. The highest BCUT2D eigenvalue weighted by atomic mass is 16.1. The van der Waals surface area contributed by atoms with Gasteiger partial charge in [-0.2, -0.15) is 0 Å². The van der Waals surface area contributed by atoms with Crippen LogP contribution in [0.15, 0.2) is 144 Å². The molecule has 0 amide bonds. The molecular formula is C78H107N7O7. The first-order valence-electron chi connectivity index (χ1n) is 31.5. The van der Waals surface area contributed by atoms with Crippen molar-refractivity contribution < 1.29 is 33.6 Å². The van der Waals surface area contributed by atoms with Crippen LogP contribution in [0.5, 0.6) is 0 Å². The van der Waals surface area contributed by atoms with Crippen molar-refractivity contribution in [2.45, 2.75) is 216 Å². The number of Topliss-reactive ketones (excluding diaryl/α,β-unsaturated/α-hetero) is 7. The smallest absolute Gasteiger partial charge is 0.135 e. The normalized spacial score (nSPS) is 11.9. The minimum atomic E-state index is 0.123. The molecule has 0 bridgehead atoms. The van der Waals surface area contributed by atoms with Gasteiger partial charge in [-0.1, -0.05) is 118 Å². The molecule has 0 N–H and O–H groups in total. The molecule has 0 fully saturated rings. The molecule has 0 heterocycles. The van der Waals surface area contributed by atoms with Crippen molar-refractivity contribution in [2.75, 3.05) is 13.1 Å². The van der Waals surface area contributed by atoms with Crippen molar-refractivity contribution in [2.24, 2.45) is 34.9 Å². The number of rotatable bonds is 24. The molecule has 496 valence electrons. The molecule has 0 aliphatic rings. The Morgan fingerprint density at radius 1 is 0.304 bits per heavy atom.